The molecule has 0 bridgehead atoms. The van der Waals surface area contributed by atoms with Gasteiger partial charge >= 0.3 is 0 Å². The van der Waals surface area contributed by atoms with Crippen LogP contribution in [0.15, 0.2) is 36.4 Å². The molecule has 1 aliphatic rings. The third kappa shape index (κ3) is 4.46. The fourth-order valence-corrected chi connectivity index (χ4v) is 4.05. The Morgan fingerprint density at radius 3 is 2.57 bits per heavy atom. The zero-order chi connectivity index (χ0) is 21.8. The number of β-amino-alcohol motifs (C(OH)–C–C–N with tert-alkyl or cyclic N) is 1. The Balaban J connectivity index is 2.05. The Morgan fingerprint density at radius 2 is 1.93 bits per heavy atom. The summed E-state index contributed by atoms with van der Waals surface area (Å²) in [7, 11) is 4.84. The molecule has 0 amide bonds. The number of aromatic hydroxyl groups is 1. The van der Waals surface area contributed by atoms with Crippen LogP contribution in [0.3, 0.4) is 0 Å². The van der Waals surface area contributed by atoms with Gasteiger partial charge in [-0.25, -0.2) is 0 Å². The third-order valence-electron chi connectivity index (χ3n) is 5.43. The molecule has 6 nitrogen and oxygen atoms in total. The monoisotopic (exact) mass is 431 g/mol. The van der Waals surface area contributed by atoms with Gasteiger partial charge in [0.15, 0.2) is 5.78 Å². The molecule has 7 heteroatoms. The molecule has 2 atom stereocenters. The first-order valence-corrected chi connectivity index (χ1v) is 10.1. The lowest BCUT2D eigenvalue weighted by Gasteiger charge is -2.35. The third-order valence-corrected chi connectivity index (χ3v) is 5.77. The van der Waals surface area contributed by atoms with E-state index in [1.165, 1.54) is 20.3 Å². The van der Waals surface area contributed by atoms with E-state index in [1.807, 2.05) is 18.0 Å². The molecule has 2 N–H and O–H groups in total. The van der Waals surface area contributed by atoms with Crippen molar-refractivity contribution in [3.8, 4) is 17.2 Å². The second-order valence-electron chi connectivity index (χ2n) is 7.36. The Morgan fingerprint density at radius 1 is 1.23 bits per heavy atom. The van der Waals surface area contributed by atoms with Crippen molar-refractivity contribution in [2.24, 2.45) is 0 Å². The van der Waals surface area contributed by atoms with Gasteiger partial charge in [0, 0.05) is 29.1 Å². The summed E-state index contributed by atoms with van der Waals surface area (Å²) in [4.78, 5) is 15.0. The fraction of sp³-hybridized carbons (Fsp3) is 0.348. The number of carbonyl (C=O) groups is 1. The number of nitrogens with zero attached hydrogens (tertiary/aromatic N) is 1. The number of likely N-dealkylation sites (N-methyl/N-ethyl adjacent to an activating group) is 1. The van der Waals surface area contributed by atoms with E-state index >= 15 is 0 Å². The van der Waals surface area contributed by atoms with E-state index in [-0.39, 0.29) is 23.0 Å². The zero-order valence-corrected chi connectivity index (χ0v) is 18.0. The van der Waals surface area contributed by atoms with Gasteiger partial charge in [0.05, 0.1) is 20.3 Å². The molecule has 30 heavy (non-hydrogen) atoms. The minimum absolute atomic E-state index is 0.0303. The number of carbonyl (C=O) groups excluding carboxylic acids is 1. The first kappa shape index (κ1) is 22.2. The quantitative estimate of drug-likeness (QED) is 0.535. The Bertz CT molecular complexity index is 959. The second kappa shape index (κ2) is 9.51. The van der Waals surface area contributed by atoms with Crippen molar-refractivity contribution in [3.63, 3.8) is 0 Å². The number of phenolic OH excluding ortho intramolecular Hbond substituents is 1. The molecule has 0 aliphatic carbocycles. The van der Waals surface area contributed by atoms with Crippen LogP contribution in [-0.4, -0.2) is 61.4 Å². The van der Waals surface area contributed by atoms with Gasteiger partial charge < -0.3 is 24.6 Å². The lowest BCUT2D eigenvalue weighted by atomic mass is 9.84. The van der Waals surface area contributed by atoms with Crippen LogP contribution < -0.4 is 9.47 Å². The summed E-state index contributed by atoms with van der Waals surface area (Å²) >= 11 is 6.15. The largest absolute Gasteiger partial charge is 0.507 e. The van der Waals surface area contributed by atoms with Crippen molar-refractivity contribution in [3.05, 3.63) is 58.1 Å². The summed E-state index contributed by atoms with van der Waals surface area (Å²) in [5, 5.41) is 22.2. The predicted octanol–water partition coefficient (Wildman–Crippen LogP) is 3.74. The highest BCUT2D eigenvalue weighted by Crippen LogP contribution is 2.46. The number of ether oxygens (including phenoxy) is 2. The van der Waals surface area contributed by atoms with Crippen LogP contribution in [0.4, 0.5) is 0 Å². The van der Waals surface area contributed by atoms with Gasteiger partial charge in [0.25, 0.3) is 0 Å². The number of ketones is 1. The number of aliphatic hydroxyl groups excluding tert-OH is 1. The summed E-state index contributed by atoms with van der Waals surface area (Å²) in [6, 6.07) is 8.73. The first-order chi connectivity index (χ1) is 14.4. The van der Waals surface area contributed by atoms with E-state index < -0.39 is 11.9 Å². The molecule has 1 heterocycles. The van der Waals surface area contributed by atoms with Crippen molar-refractivity contribution < 1.29 is 24.5 Å². The smallest absolute Gasteiger partial charge is 0.193 e. The Kier molecular flexibility index (Phi) is 7.02. The van der Waals surface area contributed by atoms with Crippen LogP contribution in [0.2, 0.25) is 5.02 Å². The highest BCUT2D eigenvalue weighted by molar-refractivity contribution is 6.32. The molecular formula is C23H26ClNO5. The number of likely N-dealkylation sites (tertiary alicyclic amines) is 1. The minimum atomic E-state index is -0.696. The van der Waals surface area contributed by atoms with E-state index in [2.05, 4.69) is 0 Å². The van der Waals surface area contributed by atoms with Crippen molar-refractivity contribution in [2.75, 3.05) is 34.4 Å². The van der Waals surface area contributed by atoms with Crippen molar-refractivity contribution in [1.82, 2.24) is 4.90 Å². The topological polar surface area (TPSA) is 79.2 Å². The molecule has 160 valence electrons. The molecule has 1 aliphatic heterocycles. The molecule has 0 spiro atoms. The minimum Gasteiger partial charge on any atom is -0.507 e. The zero-order valence-electron chi connectivity index (χ0n) is 17.3. The van der Waals surface area contributed by atoms with Crippen molar-refractivity contribution >= 4 is 23.5 Å². The molecule has 2 aromatic rings. The maximum absolute atomic E-state index is 13.0. The number of aliphatic hydroxyl groups is 1. The van der Waals surface area contributed by atoms with Crippen LogP contribution in [-0.2, 0) is 0 Å². The van der Waals surface area contributed by atoms with Crippen LogP contribution in [0.25, 0.3) is 6.08 Å². The lowest BCUT2D eigenvalue weighted by molar-refractivity contribution is 0.0619. The summed E-state index contributed by atoms with van der Waals surface area (Å²) in [5.74, 6) is -0.445. The van der Waals surface area contributed by atoms with Gasteiger partial charge in [-0.2, -0.15) is 0 Å². The molecule has 2 aromatic carbocycles. The van der Waals surface area contributed by atoms with Gasteiger partial charge in [-0.1, -0.05) is 29.8 Å². The number of piperidine rings is 1. The van der Waals surface area contributed by atoms with Crippen molar-refractivity contribution in [1.29, 1.82) is 0 Å². The average molecular weight is 432 g/mol. The average Bonchev–Trinajstić information content (AvgIpc) is 2.72. The number of hydrogen-bond donors (Lipinski definition) is 2. The number of allylic oxidation sites excluding steroid dienone is 1. The van der Waals surface area contributed by atoms with E-state index in [0.29, 0.717) is 34.9 Å². The Labute approximate surface area is 181 Å². The van der Waals surface area contributed by atoms with E-state index in [0.717, 1.165) is 6.54 Å². The molecule has 0 saturated carbocycles. The van der Waals surface area contributed by atoms with E-state index in [1.54, 1.807) is 30.3 Å². The Hall–Kier alpha value is -2.54. The maximum Gasteiger partial charge on any atom is 0.193 e. The number of benzene rings is 2. The number of rotatable bonds is 6. The first-order valence-electron chi connectivity index (χ1n) is 9.68. The van der Waals surface area contributed by atoms with Crippen LogP contribution in [0, 0.1) is 0 Å². The van der Waals surface area contributed by atoms with E-state index in [9.17, 15) is 15.0 Å². The van der Waals surface area contributed by atoms with Gasteiger partial charge in [-0.05, 0) is 43.8 Å². The fourth-order valence-electron chi connectivity index (χ4n) is 3.85. The number of hydrogen-bond acceptors (Lipinski definition) is 6. The normalized spacial score (nSPS) is 19.8. The van der Waals surface area contributed by atoms with Gasteiger partial charge in [-0.3, -0.25) is 4.79 Å². The van der Waals surface area contributed by atoms with Crippen molar-refractivity contribution in [2.45, 2.75) is 18.4 Å². The molecular weight excluding hydrogens is 406 g/mol. The number of halogens is 1. The molecule has 1 saturated heterocycles. The number of phenols is 1. The molecule has 3 rings (SSSR count). The van der Waals surface area contributed by atoms with Crippen LogP contribution >= 0.6 is 11.6 Å². The second-order valence-corrected chi connectivity index (χ2v) is 7.77. The summed E-state index contributed by atoms with van der Waals surface area (Å²) in [5.41, 5.74) is 1.14. The highest BCUT2D eigenvalue weighted by atomic mass is 35.5. The number of methoxy groups -OCH3 is 2. The van der Waals surface area contributed by atoms with Gasteiger partial charge in [0.1, 0.15) is 22.8 Å². The summed E-state index contributed by atoms with van der Waals surface area (Å²) in [6.45, 7) is 1.22. The lowest BCUT2D eigenvalue weighted by Crippen LogP contribution is -2.40. The molecule has 0 aromatic heterocycles. The standard InChI is InChI=1S/C23H26ClNO5/c1-25-11-10-15(18(27)13-25)21-19(29-2)12-20(30-3)22(23(21)28)17(26)9-8-14-6-4-5-7-16(14)24/h4-9,12,15,18,27-28H,10-11,13H2,1-3H3/b9-8+/t15-,18+/m1/s1. The maximum atomic E-state index is 13.0. The van der Waals surface area contributed by atoms with Crippen LogP contribution in [0.1, 0.15) is 33.8 Å². The molecule has 0 radical (unpaired) electrons. The predicted molar refractivity (Wildman–Crippen MR) is 117 cm³/mol. The molecule has 1 fully saturated rings. The summed E-state index contributed by atoms with van der Waals surface area (Å²) in [6.07, 6.45) is 2.87. The summed E-state index contributed by atoms with van der Waals surface area (Å²) < 4.78 is 10.8. The van der Waals surface area contributed by atoms with E-state index in [4.69, 9.17) is 21.1 Å². The highest BCUT2D eigenvalue weighted by Gasteiger charge is 2.34. The van der Waals surface area contributed by atoms with Crippen LogP contribution in [0.5, 0.6) is 17.2 Å². The SMILES string of the molecule is COc1cc(OC)c([C@@H]2CCN(C)C[C@@H]2O)c(O)c1C(=O)/C=C/c1ccccc1Cl. The van der Waals surface area contributed by atoms with Gasteiger partial charge in [-0.15, -0.1) is 0 Å². The van der Waals surface area contributed by atoms with Gasteiger partial charge in [0.2, 0.25) is 0 Å². The molecule has 0 unspecified atom stereocenters.